The van der Waals surface area contributed by atoms with Gasteiger partial charge in [0.2, 0.25) is 0 Å². The number of benzene rings is 2. The summed E-state index contributed by atoms with van der Waals surface area (Å²) < 4.78 is 5.47. The van der Waals surface area contributed by atoms with E-state index in [-0.39, 0.29) is 12.5 Å². The van der Waals surface area contributed by atoms with E-state index in [4.69, 9.17) is 4.74 Å². The lowest BCUT2D eigenvalue weighted by atomic mass is 10.1. The fourth-order valence-electron chi connectivity index (χ4n) is 2.23. The van der Waals surface area contributed by atoms with Gasteiger partial charge in [-0.05, 0) is 42.8 Å². The van der Waals surface area contributed by atoms with Gasteiger partial charge in [0.1, 0.15) is 5.75 Å². The molecule has 0 heterocycles. The predicted octanol–water partition coefficient (Wildman–Crippen LogP) is 2.55. The van der Waals surface area contributed by atoms with E-state index in [0.29, 0.717) is 24.5 Å². The topological polar surface area (TPSA) is 70.6 Å². The lowest BCUT2D eigenvalue weighted by Gasteiger charge is -2.12. The van der Waals surface area contributed by atoms with Crippen molar-refractivity contribution in [3.05, 3.63) is 59.2 Å². The van der Waals surface area contributed by atoms with E-state index in [2.05, 4.69) is 10.6 Å². The highest BCUT2D eigenvalue weighted by atomic mass is 16.5. The van der Waals surface area contributed by atoms with E-state index in [1.54, 1.807) is 19.2 Å². The molecule has 1 amide bonds. The molecule has 0 radical (unpaired) electrons. The van der Waals surface area contributed by atoms with Gasteiger partial charge < -0.3 is 20.5 Å². The highest BCUT2D eigenvalue weighted by Crippen LogP contribution is 2.23. The Hall–Kier alpha value is -2.53. The Labute approximate surface area is 136 Å². The smallest absolute Gasteiger partial charge is 0.251 e. The zero-order chi connectivity index (χ0) is 16.7. The van der Waals surface area contributed by atoms with Gasteiger partial charge in [-0.2, -0.15) is 0 Å². The SMILES string of the molecule is CCOc1ccc(NCc2ccc(C(=O)NC)cc2)cc1CO. The molecule has 0 fully saturated rings. The van der Waals surface area contributed by atoms with Crippen molar-refractivity contribution >= 4 is 11.6 Å². The van der Waals surface area contributed by atoms with Crippen molar-refractivity contribution in [1.82, 2.24) is 5.32 Å². The van der Waals surface area contributed by atoms with Gasteiger partial charge in [-0.3, -0.25) is 4.79 Å². The minimum Gasteiger partial charge on any atom is -0.494 e. The van der Waals surface area contributed by atoms with Crippen LogP contribution >= 0.6 is 0 Å². The van der Waals surface area contributed by atoms with Crippen molar-refractivity contribution < 1.29 is 14.6 Å². The third kappa shape index (κ3) is 4.47. The van der Waals surface area contributed by atoms with Crippen LogP contribution in [0, 0.1) is 0 Å². The molecule has 0 unspecified atom stereocenters. The molecule has 0 aliphatic heterocycles. The monoisotopic (exact) mass is 314 g/mol. The third-order valence-corrected chi connectivity index (χ3v) is 3.47. The van der Waals surface area contributed by atoms with Crippen LogP contribution in [0.1, 0.15) is 28.4 Å². The maximum absolute atomic E-state index is 11.5. The average Bonchev–Trinajstić information content (AvgIpc) is 2.60. The van der Waals surface area contributed by atoms with Gasteiger partial charge in [0, 0.05) is 30.4 Å². The molecule has 3 N–H and O–H groups in total. The van der Waals surface area contributed by atoms with E-state index in [0.717, 1.165) is 16.8 Å². The first-order chi connectivity index (χ1) is 11.2. The van der Waals surface area contributed by atoms with Gasteiger partial charge in [0.05, 0.1) is 13.2 Å². The number of hydrogen-bond acceptors (Lipinski definition) is 4. The number of anilines is 1. The second-order valence-corrected chi connectivity index (χ2v) is 5.04. The molecule has 23 heavy (non-hydrogen) atoms. The van der Waals surface area contributed by atoms with Crippen LogP contribution in [0.4, 0.5) is 5.69 Å². The number of amides is 1. The summed E-state index contributed by atoms with van der Waals surface area (Å²) >= 11 is 0. The highest BCUT2D eigenvalue weighted by Gasteiger charge is 2.05. The number of carbonyl (C=O) groups excluding carboxylic acids is 1. The van der Waals surface area contributed by atoms with Gasteiger partial charge >= 0.3 is 0 Å². The van der Waals surface area contributed by atoms with Gasteiger partial charge in [-0.15, -0.1) is 0 Å². The number of ether oxygens (including phenoxy) is 1. The first-order valence-corrected chi connectivity index (χ1v) is 7.59. The molecule has 2 rings (SSSR count). The minimum atomic E-state index is -0.0939. The zero-order valence-corrected chi connectivity index (χ0v) is 13.4. The summed E-state index contributed by atoms with van der Waals surface area (Å²) in [6.07, 6.45) is 0. The molecule has 0 aromatic heterocycles. The standard InChI is InChI=1S/C18H22N2O3/c1-3-23-17-9-8-16(10-15(17)12-21)20-11-13-4-6-14(7-5-13)18(22)19-2/h4-10,20-21H,3,11-12H2,1-2H3,(H,19,22). The van der Waals surface area contributed by atoms with E-state index in [1.165, 1.54) is 0 Å². The molecule has 0 bridgehead atoms. The van der Waals surface area contributed by atoms with Gasteiger partial charge in [0.15, 0.2) is 0 Å². The number of nitrogens with one attached hydrogen (secondary N) is 2. The van der Waals surface area contributed by atoms with Gasteiger partial charge in [-0.25, -0.2) is 0 Å². The first kappa shape index (κ1) is 16.8. The quantitative estimate of drug-likeness (QED) is 0.734. The molecule has 0 spiro atoms. The highest BCUT2D eigenvalue weighted by molar-refractivity contribution is 5.93. The fraction of sp³-hybridized carbons (Fsp3) is 0.278. The summed E-state index contributed by atoms with van der Waals surface area (Å²) in [4.78, 5) is 11.5. The Morgan fingerprint density at radius 1 is 1.17 bits per heavy atom. The summed E-state index contributed by atoms with van der Waals surface area (Å²) in [5, 5.41) is 15.3. The third-order valence-electron chi connectivity index (χ3n) is 3.47. The van der Waals surface area contributed by atoms with Crippen LogP contribution in [0.25, 0.3) is 0 Å². The molecular weight excluding hydrogens is 292 g/mol. The number of aliphatic hydroxyl groups excluding tert-OH is 1. The van der Waals surface area contributed by atoms with Gasteiger partial charge in [-0.1, -0.05) is 12.1 Å². The van der Waals surface area contributed by atoms with E-state index in [9.17, 15) is 9.90 Å². The lowest BCUT2D eigenvalue weighted by Crippen LogP contribution is -2.17. The molecule has 0 saturated carbocycles. The summed E-state index contributed by atoms with van der Waals surface area (Å²) in [5.74, 6) is 0.610. The normalized spacial score (nSPS) is 10.2. The van der Waals surface area contributed by atoms with Crippen LogP contribution in [0.15, 0.2) is 42.5 Å². The number of hydrogen-bond donors (Lipinski definition) is 3. The summed E-state index contributed by atoms with van der Waals surface area (Å²) in [5.41, 5.74) is 3.37. The summed E-state index contributed by atoms with van der Waals surface area (Å²) in [6, 6.07) is 13.1. The van der Waals surface area contributed by atoms with Crippen LogP contribution in [0.3, 0.4) is 0 Å². The predicted molar refractivity (Wildman–Crippen MR) is 90.7 cm³/mol. The summed E-state index contributed by atoms with van der Waals surface area (Å²) in [6.45, 7) is 3.05. The maximum Gasteiger partial charge on any atom is 0.251 e. The van der Waals surface area contributed by atoms with Crippen LogP contribution < -0.4 is 15.4 Å². The van der Waals surface area contributed by atoms with Gasteiger partial charge in [0.25, 0.3) is 5.91 Å². The van der Waals surface area contributed by atoms with Crippen molar-refractivity contribution in [3.63, 3.8) is 0 Å². The van der Waals surface area contributed by atoms with Crippen molar-refractivity contribution in [3.8, 4) is 5.75 Å². The van der Waals surface area contributed by atoms with Crippen LogP contribution in [-0.4, -0.2) is 24.7 Å². The number of aliphatic hydroxyl groups is 1. The molecule has 0 atom stereocenters. The van der Waals surface area contributed by atoms with Crippen LogP contribution in [0.2, 0.25) is 0 Å². The average molecular weight is 314 g/mol. The molecule has 2 aromatic rings. The molecule has 0 saturated heterocycles. The maximum atomic E-state index is 11.5. The van der Waals surface area contributed by atoms with Crippen LogP contribution in [0.5, 0.6) is 5.75 Å². The summed E-state index contributed by atoms with van der Waals surface area (Å²) in [7, 11) is 1.61. The second kappa shape index (κ2) is 8.19. The first-order valence-electron chi connectivity index (χ1n) is 7.59. The molecule has 5 heteroatoms. The fourth-order valence-corrected chi connectivity index (χ4v) is 2.23. The zero-order valence-electron chi connectivity index (χ0n) is 13.4. The Kier molecular flexibility index (Phi) is 6.00. The van der Waals surface area contributed by atoms with Crippen LogP contribution in [-0.2, 0) is 13.2 Å². The minimum absolute atomic E-state index is 0.0638. The number of rotatable bonds is 7. The molecule has 2 aromatic carbocycles. The van der Waals surface area contributed by atoms with Crippen molar-refractivity contribution in [2.45, 2.75) is 20.1 Å². The van der Waals surface area contributed by atoms with E-state index >= 15 is 0 Å². The van der Waals surface area contributed by atoms with Crippen molar-refractivity contribution in [2.24, 2.45) is 0 Å². The Balaban J connectivity index is 2.01. The Morgan fingerprint density at radius 2 is 1.91 bits per heavy atom. The largest absolute Gasteiger partial charge is 0.494 e. The second-order valence-electron chi connectivity index (χ2n) is 5.04. The lowest BCUT2D eigenvalue weighted by molar-refractivity contribution is 0.0963. The van der Waals surface area contributed by atoms with E-state index < -0.39 is 0 Å². The van der Waals surface area contributed by atoms with Crippen molar-refractivity contribution in [1.29, 1.82) is 0 Å². The Morgan fingerprint density at radius 3 is 2.52 bits per heavy atom. The molecule has 122 valence electrons. The Bertz CT molecular complexity index is 654. The number of carbonyl (C=O) groups is 1. The van der Waals surface area contributed by atoms with E-state index in [1.807, 2.05) is 37.3 Å². The molecule has 5 nitrogen and oxygen atoms in total. The molecular formula is C18H22N2O3. The van der Waals surface area contributed by atoms with Crippen molar-refractivity contribution in [2.75, 3.05) is 19.0 Å². The molecule has 0 aliphatic rings. The molecule has 0 aliphatic carbocycles.